The smallest absolute Gasteiger partial charge is 0.265 e. The van der Waals surface area contributed by atoms with Gasteiger partial charge in [-0.1, -0.05) is 6.92 Å². The molecule has 0 bridgehead atoms. The summed E-state index contributed by atoms with van der Waals surface area (Å²) in [4.78, 5) is -0.446. The molecule has 1 aliphatic heterocycles. The number of halogens is 2. The van der Waals surface area contributed by atoms with E-state index in [2.05, 4.69) is 0 Å². The molecule has 30 heavy (non-hydrogen) atoms. The summed E-state index contributed by atoms with van der Waals surface area (Å²) in [6, 6.07) is 8.94. The fraction of sp³-hybridized carbons (Fsp3) is 0.158. The van der Waals surface area contributed by atoms with E-state index in [1.807, 2.05) is 0 Å². The molecule has 0 amide bonds. The maximum atomic E-state index is 14.1. The number of nitrogens with zero attached hydrogens (tertiary/aromatic N) is 2. The van der Waals surface area contributed by atoms with Crippen LogP contribution in [0.5, 0.6) is 0 Å². The van der Waals surface area contributed by atoms with E-state index in [1.54, 1.807) is 29.8 Å². The minimum absolute atomic E-state index is 0.0139. The number of aromatic nitrogens is 1. The highest BCUT2D eigenvalue weighted by atomic mass is 32.2. The topological polar surface area (TPSA) is 102 Å². The second-order valence-corrected chi connectivity index (χ2v) is 10.2. The highest BCUT2D eigenvalue weighted by molar-refractivity contribution is 7.93. The number of fused-ring (bicyclic) bond motifs is 3. The Kier molecular flexibility index (Phi) is 4.71. The van der Waals surface area contributed by atoms with Crippen molar-refractivity contribution in [1.82, 2.24) is 4.57 Å². The Morgan fingerprint density at radius 1 is 0.933 bits per heavy atom. The Bertz CT molecular complexity index is 1350. The maximum absolute atomic E-state index is 14.1. The maximum Gasteiger partial charge on any atom is 0.265 e. The van der Waals surface area contributed by atoms with Crippen molar-refractivity contribution in [3.05, 3.63) is 72.1 Å². The van der Waals surface area contributed by atoms with Gasteiger partial charge in [-0.2, -0.15) is 0 Å². The Morgan fingerprint density at radius 2 is 1.50 bits per heavy atom. The summed E-state index contributed by atoms with van der Waals surface area (Å²) < 4.78 is 80.7. The summed E-state index contributed by atoms with van der Waals surface area (Å²) >= 11 is 0. The number of anilines is 1. The van der Waals surface area contributed by atoms with Gasteiger partial charge in [-0.25, -0.2) is 30.8 Å². The van der Waals surface area contributed by atoms with Gasteiger partial charge in [-0.15, -0.1) is 0 Å². The van der Waals surface area contributed by atoms with Crippen LogP contribution >= 0.6 is 0 Å². The molecule has 2 heterocycles. The Labute approximate surface area is 172 Å². The van der Waals surface area contributed by atoms with E-state index in [9.17, 15) is 25.6 Å². The van der Waals surface area contributed by atoms with E-state index in [0.29, 0.717) is 12.1 Å². The summed E-state index contributed by atoms with van der Waals surface area (Å²) in [5.41, 5.74) is 0.768. The first kappa shape index (κ1) is 20.5. The van der Waals surface area contributed by atoms with E-state index in [1.165, 1.54) is 0 Å². The number of nitrogens with two attached hydrogens (primary N) is 1. The number of rotatable bonds is 4. The average Bonchev–Trinajstić information content (AvgIpc) is 3.17. The van der Waals surface area contributed by atoms with Crippen LogP contribution in [0.4, 0.5) is 14.5 Å². The third kappa shape index (κ3) is 3.09. The number of sulfonamides is 2. The second kappa shape index (κ2) is 6.89. The molecule has 7 nitrogen and oxygen atoms in total. The van der Waals surface area contributed by atoms with Crippen LogP contribution in [0.3, 0.4) is 0 Å². The van der Waals surface area contributed by atoms with Gasteiger partial charge in [0.2, 0.25) is 10.0 Å². The van der Waals surface area contributed by atoms with Crippen molar-refractivity contribution < 1.29 is 25.6 Å². The van der Waals surface area contributed by atoms with Crippen LogP contribution in [0.15, 0.2) is 64.5 Å². The molecule has 2 aromatic carbocycles. The first-order valence-corrected chi connectivity index (χ1v) is 11.9. The molecule has 3 aromatic rings. The van der Waals surface area contributed by atoms with E-state index >= 15 is 0 Å². The predicted molar refractivity (Wildman–Crippen MR) is 106 cm³/mol. The minimum Gasteiger partial charge on any atom is -0.317 e. The normalized spacial score (nSPS) is 16.3. The fourth-order valence-electron chi connectivity index (χ4n) is 3.66. The van der Waals surface area contributed by atoms with Crippen LogP contribution in [-0.4, -0.2) is 21.4 Å². The van der Waals surface area contributed by atoms with Gasteiger partial charge in [0, 0.05) is 24.0 Å². The number of primary sulfonamides is 1. The Morgan fingerprint density at radius 3 is 2.07 bits per heavy atom. The van der Waals surface area contributed by atoms with Crippen molar-refractivity contribution in [2.75, 3.05) is 4.31 Å². The molecule has 11 heteroatoms. The third-order valence-corrected chi connectivity index (χ3v) is 7.78. The molecule has 2 N–H and O–H groups in total. The van der Waals surface area contributed by atoms with E-state index in [0.717, 1.165) is 40.7 Å². The summed E-state index contributed by atoms with van der Waals surface area (Å²) in [6.07, 6.45) is 2.01. The highest BCUT2D eigenvalue weighted by Gasteiger charge is 2.39. The molecule has 0 spiro atoms. The molecule has 4 rings (SSSR count). The average molecular weight is 453 g/mol. The highest BCUT2D eigenvalue weighted by Crippen LogP contribution is 2.44. The van der Waals surface area contributed by atoms with Crippen molar-refractivity contribution in [3.8, 4) is 5.69 Å². The van der Waals surface area contributed by atoms with E-state index < -0.39 is 37.7 Å². The summed E-state index contributed by atoms with van der Waals surface area (Å²) in [7, 11) is -8.25. The SMILES string of the molecule is CCC1c2cccn2-c2cc(F)c(F)cc2N1S(=O)(=O)c1ccc(S(N)(=O)=O)cc1. The fourth-order valence-corrected chi connectivity index (χ4v) is 5.88. The van der Waals surface area contributed by atoms with Crippen molar-refractivity contribution in [2.45, 2.75) is 29.2 Å². The molecule has 0 radical (unpaired) electrons. The molecule has 1 aromatic heterocycles. The standard InChI is InChI=1S/C19H17F2N3O4S2/c1-2-16-17-4-3-9-23(17)18-10-14(20)15(21)11-19(18)24(16)30(27,28)13-7-5-12(6-8-13)29(22,25)26/h3-11,16H,2H2,1H3,(H2,22,25,26). The van der Waals surface area contributed by atoms with Gasteiger partial charge >= 0.3 is 0 Å². The van der Waals surface area contributed by atoms with Crippen molar-refractivity contribution in [2.24, 2.45) is 5.14 Å². The number of benzene rings is 2. The number of hydrogen-bond donors (Lipinski definition) is 1. The first-order chi connectivity index (χ1) is 14.1. The molecule has 1 aliphatic rings. The lowest BCUT2D eigenvalue weighted by Gasteiger charge is -2.38. The van der Waals surface area contributed by atoms with Gasteiger partial charge in [0.25, 0.3) is 10.0 Å². The predicted octanol–water partition coefficient (Wildman–Crippen LogP) is 3.06. The zero-order valence-corrected chi connectivity index (χ0v) is 17.3. The first-order valence-electron chi connectivity index (χ1n) is 8.89. The molecular formula is C19H17F2N3O4S2. The molecule has 0 aliphatic carbocycles. The van der Waals surface area contributed by atoms with Crippen molar-refractivity contribution in [3.63, 3.8) is 0 Å². The lowest BCUT2D eigenvalue weighted by atomic mass is 10.1. The lowest BCUT2D eigenvalue weighted by Crippen LogP contribution is -2.39. The van der Waals surface area contributed by atoms with E-state index in [-0.39, 0.29) is 21.2 Å². The molecule has 1 atom stereocenters. The van der Waals surface area contributed by atoms with Gasteiger partial charge in [-0.3, -0.25) is 4.31 Å². The molecule has 0 saturated heterocycles. The lowest BCUT2D eigenvalue weighted by molar-refractivity contribution is 0.504. The molecule has 0 saturated carbocycles. The van der Waals surface area contributed by atoms with Crippen LogP contribution in [0.25, 0.3) is 5.69 Å². The summed E-state index contributed by atoms with van der Waals surface area (Å²) in [6.45, 7) is 1.78. The van der Waals surface area contributed by atoms with Gasteiger partial charge in [0.05, 0.1) is 27.2 Å². The largest absolute Gasteiger partial charge is 0.317 e. The van der Waals surface area contributed by atoms with Crippen LogP contribution in [-0.2, 0) is 20.0 Å². The second-order valence-electron chi connectivity index (χ2n) is 6.80. The summed E-state index contributed by atoms with van der Waals surface area (Å²) in [5, 5.41) is 5.07. The van der Waals surface area contributed by atoms with Gasteiger partial charge in [0.1, 0.15) is 0 Å². The van der Waals surface area contributed by atoms with Crippen LogP contribution < -0.4 is 9.44 Å². The van der Waals surface area contributed by atoms with Crippen LogP contribution in [0, 0.1) is 11.6 Å². The number of hydrogen-bond acceptors (Lipinski definition) is 4. The van der Waals surface area contributed by atoms with Gasteiger partial charge < -0.3 is 4.57 Å². The van der Waals surface area contributed by atoms with Crippen molar-refractivity contribution >= 4 is 25.7 Å². The van der Waals surface area contributed by atoms with Crippen molar-refractivity contribution in [1.29, 1.82) is 0 Å². The quantitative estimate of drug-likeness (QED) is 0.656. The van der Waals surface area contributed by atoms with Gasteiger partial charge in [0.15, 0.2) is 11.6 Å². The molecule has 1 unspecified atom stereocenters. The molecule has 158 valence electrons. The summed E-state index contributed by atoms with van der Waals surface area (Å²) in [5.74, 6) is -2.28. The third-order valence-electron chi connectivity index (χ3n) is 5.01. The zero-order valence-electron chi connectivity index (χ0n) is 15.7. The van der Waals surface area contributed by atoms with Gasteiger partial charge in [-0.05, 0) is 42.8 Å². The minimum atomic E-state index is -4.25. The Balaban J connectivity index is 1.94. The molecule has 0 fully saturated rings. The Hall–Kier alpha value is -2.76. The molecular weight excluding hydrogens is 436 g/mol. The monoisotopic (exact) mass is 453 g/mol. The van der Waals surface area contributed by atoms with Crippen LogP contribution in [0.1, 0.15) is 25.1 Å². The van der Waals surface area contributed by atoms with Crippen LogP contribution in [0.2, 0.25) is 0 Å². The van der Waals surface area contributed by atoms with E-state index in [4.69, 9.17) is 5.14 Å². The zero-order chi connectivity index (χ0) is 21.8.